The van der Waals surface area contributed by atoms with Gasteiger partial charge in [0.2, 0.25) is 0 Å². The Morgan fingerprint density at radius 3 is 2.75 bits per heavy atom. The van der Waals surface area contributed by atoms with Gasteiger partial charge in [-0.3, -0.25) is 4.98 Å². The second kappa shape index (κ2) is 3.93. The molecule has 16 heavy (non-hydrogen) atoms. The molecule has 0 spiro atoms. The highest BCUT2D eigenvalue weighted by atomic mass is 15.2. The Morgan fingerprint density at radius 2 is 1.94 bits per heavy atom. The third kappa shape index (κ3) is 1.65. The number of fused-ring (bicyclic) bond motifs is 1. The number of hydrogen-bond acceptors (Lipinski definition) is 3. The van der Waals surface area contributed by atoms with Gasteiger partial charge in [-0.25, -0.2) is 4.98 Å². The molecule has 0 bridgehead atoms. The average Bonchev–Trinajstić information content (AvgIpc) is 2.39. The molecule has 0 unspecified atom stereocenters. The largest absolute Gasteiger partial charge is 0.351 e. The van der Waals surface area contributed by atoms with Gasteiger partial charge in [-0.1, -0.05) is 24.3 Å². The summed E-state index contributed by atoms with van der Waals surface area (Å²) in [5.74, 6) is 0.969. The van der Waals surface area contributed by atoms with E-state index in [-0.39, 0.29) is 0 Å². The van der Waals surface area contributed by atoms with Gasteiger partial charge in [-0.15, -0.1) is 0 Å². The average molecular weight is 211 g/mol. The van der Waals surface area contributed by atoms with Crippen molar-refractivity contribution in [3.05, 3.63) is 54.0 Å². The van der Waals surface area contributed by atoms with E-state index in [2.05, 4.69) is 39.1 Å². The lowest BCUT2D eigenvalue weighted by Gasteiger charge is -2.29. The van der Waals surface area contributed by atoms with Crippen molar-refractivity contribution in [3.63, 3.8) is 0 Å². The zero-order valence-electron chi connectivity index (χ0n) is 9.00. The van der Waals surface area contributed by atoms with Crippen molar-refractivity contribution in [3.8, 4) is 0 Å². The van der Waals surface area contributed by atoms with Crippen molar-refractivity contribution >= 4 is 5.82 Å². The lowest BCUT2D eigenvalue weighted by Crippen LogP contribution is -2.30. The van der Waals surface area contributed by atoms with Crippen molar-refractivity contribution in [1.82, 2.24) is 9.97 Å². The number of aromatic nitrogens is 2. The predicted molar refractivity (Wildman–Crippen MR) is 63.2 cm³/mol. The summed E-state index contributed by atoms with van der Waals surface area (Å²) in [6.07, 6.45) is 6.37. The van der Waals surface area contributed by atoms with Crippen molar-refractivity contribution in [1.29, 1.82) is 0 Å². The molecule has 80 valence electrons. The van der Waals surface area contributed by atoms with Crippen LogP contribution >= 0.6 is 0 Å². The number of rotatable bonds is 1. The fourth-order valence-corrected chi connectivity index (χ4v) is 2.15. The zero-order valence-corrected chi connectivity index (χ0v) is 9.00. The molecular weight excluding hydrogens is 198 g/mol. The van der Waals surface area contributed by atoms with Crippen LogP contribution in [-0.4, -0.2) is 16.5 Å². The highest BCUT2D eigenvalue weighted by Crippen LogP contribution is 2.21. The van der Waals surface area contributed by atoms with Crippen molar-refractivity contribution in [2.45, 2.75) is 13.0 Å². The van der Waals surface area contributed by atoms with Crippen LogP contribution in [0.2, 0.25) is 0 Å². The van der Waals surface area contributed by atoms with Gasteiger partial charge in [0.1, 0.15) is 5.82 Å². The van der Waals surface area contributed by atoms with E-state index in [1.54, 1.807) is 12.4 Å². The second-order valence-electron chi connectivity index (χ2n) is 4.00. The van der Waals surface area contributed by atoms with Gasteiger partial charge < -0.3 is 4.90 Å². The molecule has 0 radical (unpaired) electrons. The first-order valence-electron chi connectivity index (χ1n) is 5.51. The maximum atomic E-state index is 4.34. The summed E-state index contributed by atoms with van der Waals surface area (Å²) in [6, 6.07) is 8.61. The molecule has 0 atom stereocenters. The molecule has 2 heterocycles. The van der Waals surface area contributed by atoms with Crippen LogP contribution in [0.4, 0.5) is 5.82 Å². The summed E-state index contributed by atoms with van der Waals surface area (Å²) < 4.78 is 0. The van der Waals surface area contributed by atoms with Gasteiger partial charge >= 0.3 is 0 Å². The molecular formula is C13H13N3. The van der Waals surface area contributed by atoms with E-state index in [0.29, 0.717) is 0 Å². The molecule has 0 N–H and O–H groups in total. The SMILES string of the molecule is c1ccc2c(c1)CCN(c1cnccn1)C2. The van der Waals surface area contributed by atoms with E-state index in [1.807, 2.05) is 6.20 Å². The van der Waals surface area contributed by atoms with Gasteiger partial charge in [0.25, 0.3) is 0 Å². The highest BCUT2D eigenvalue weighted by Gasteiger charge is 2.16. The molecule has 3 rings (SSSR count). The first kappa shape index (κ1) is 9.33. The van der Waals surface area contributed by atoms with Gasteiger partial charge in [0.05, 0.1) is 6.20 Å². The molecule has 1 aromatic heterocycles. The highest BCUT2D eigenvalue weighted by molar-refractivity contribution is 5.42. The molecule has 0 saturated heterocycles. The van der Waals surface area contributed by atoms with Crippen molar-refractivity contribution < 1.29 is 0 Å². The maximum absolute atomic E-state index is 4.34. The molecule has 0 fully saturated rings. The van der Waals surface area contributed by atoms with Gasteiger partial charge in [-0.05, 0) is 17.5 Å². The van der Waals surface area contributed by atoms with E-state index >= 15 is 0 Å². The Labute approximate surface area is 94.8 Å². The summed E-state index contributed by atoms with van der Waals surface area (Å²) in [5.41, 5.74) is 2.86. The molecule has 1 aliphatic heterocycles. The normalized spacial score (nSPS) is 14.6. The van der Waals surface area contributed by atoms with Crippen LogP contribution in [-0.2, 0) is 13.0 Å². The molecule has 0 amide bonds. The maximum Gasteiger partial charge on any atom is 0.147 e. The summed E-state index contributed by atoms with van der Waals surface area (Å²) in [6.45, 7) is 1.96. The number of nitrogens with zero attached hydrogens (tertiary/aromatic N) is 3. The lowest BCUT2D eigenvalue weighted by atomic mass is 10.0. The molecule has 0 aliphatic carbocycles. The van der Waals surface area contributed by atoms with Gasteiger partial charge in [0.15, 0.2) is 0 Å². The predicted octanol–water partition coefficient (Wildman–Crippen LogP) is 2.04. The number of anilines is 1. The van der Waals surface area contributed by atoms with Crippen LogP contribution in [0.5, 0.6) is 0 Å². The molecule has 0 saturated carbocycles. The van der Waals surface area contributed by atoms with Crippen LogP contribution in [0.25, 0.3) is 0 Å². The van der Waals surface area contributed by atoms with Gasteiger partial charge in [-0.2, -0.15) is 0 Å². The summed E-state index contributed by atoms with van der Waals surface area (Å²) in [4.78, 5) is 10.7. The van der Waals surface area contributed by atoms with Crippen LogP contribution in [0, 0.1) is 0 Å². The Kier molecular flexibility index (Phi) is 2.29. The fraction of sp³-hybridized carbons (Fsp3) is 0.231. The zero-order chi connectivity index (χ0) is 10.8. The monoisotopic (exact) mass is 211 g/mol. The van der Waals surface area contributed by atoms with E-state index in [9.17, 15) is 0 Å². The first-order chi connectivity index (χ1) is 7.93. The Balaban J connectivity index is 1.89. The first-order valence-corrected chi connectivity index (χ1v) is 5.51. The van der Waals surface area contributed by atoms with Crippen LogP contribution in [0.15, 0.2) is 42.9 Å². The smallest absolute Gasteiger partial charge is 0.147 e. The number of hydrogen-bond donors (Lipinski definition) is 0. The molecule has 3 nitrogen and oxygen atoms in total. The van der Waals surface area contributed by atoms with E-state index in [1.165, 1.54) is 11.1 Å². The molecule has 2 aromatic rings. The Morgan fingerprint density at radius 1 is 1.06 bits per heavy atom. The molecule has 3 heteroatoms. The van der Waals surface area contributed by atoms with Crippen LogP contribution < -0.4 is 4.90 Å². The summed E-state index contributed by atoms with van der Waals surface area (Å²) >= 11 is 0. The standard InChI is InChI=1S/C13H13N3/c1-2-4-12-10-16(8-5-11(12)3-1)13-9-14-6-7-15-13/h1-4,6-7,9H,5,8,10H2. The van der Waals surface area contributed by atoms with E-state index in [4.69, 9.17) is 0 Å². The fourth-order valence-electron chi connectivity index (χ4n) is 2.15. The van der Waals surface area contributed by atoms with E-state index < -0.39 is 0 Å². The van der Waals surface area contributed by atoms with Crippen LogP contribution in [0.1, 0.15) is 11.1 Å². The van der Waals surface area contributed by atoms with E-state index in [0.717, 1.165) is 25.3 Å². The third-order valence-electron chi connectivity index (χ3n) is 3.00. The minimum Gasteiger partial charge on any atom is -0.351 e. The quantitative estimate of drug-likeness (QED) is 0.722. The summed E-state index contributed by atoms with van der Waals surface area (Å²) in [5, 5.41) is 0. The summed E-state index contributed by atoms with van der Waals surface area (Å²) in [7, 11) is 0. The lowest BCUT2D eigenvalue weighted by molar-refractivity contribution is 0.718. The van der Waals surface area contributed by atoms with Crippen molar-refractivity contribution in [2.75, 3.05) is 11.4 Å². The minimum atomic E-state index is 0.939. The van der Waals surface area contributed by atoms with Crippen LogP contribution in [0.3, 0.4) is 0 Å². The molecule has 1 aliphatic rings. The number of benzene rings is 1. The van der Waals surface area contributed by atoms with Gasteiger partial charge in [0, 0.05) is 25.5 Å². The Bertz CT molecular complexity index is 482. The minimum absolute atomic E-state index is 0.939. The second-order valence-corrected chi connectivity index (χ2v) is 4.00. The Hall–Kier alpha value is -1.90. The molecule has 1 aromatic carbocycles. The van der Waals surface area contributed by atoms with Crippen molar-refractivity contribution in [2.24, 2.45) is 0 Å². The topological polar surface area (TPSA) is 29.0 Å². The third-order valence-corrected chi connectivity index (χ3v) is 3.00.